The maximum absolute atomic E-state index is 12.0. The molecular weight excluding hydrogens is 272 g/mol. The fraction of sp³-hybridized carbons (Fsp3) is 0.0667. The van der Waals surface area contributed by atoms with Crippen molar-refractivity contribution in [3.05, 3.63) is 59.2 Å². The number of oxime groups is 1. The Bertz CT molecular complexity index is 739. The Labute approximate surface area is 119 Å². The minimum absolute atomic E-state index is 0.430. The number of thiophene rings is 1. The van der Waals surface area contributed by atoms with Crippen LogP contribution in [0.4, 0.5) is 0 Å². The van der Waals surface area contributed by atoms with Crippen LogP contribution in [-0.4, -0.2) is 16.7 Å². The smallest absolute Gasteiger partial charge is 0.367 e. The van der Waals surface area contributed by atoms with Gasteiger partial charge in [0.25, 0.3) is 0 Å². The summed E-state index contributed by atoms with van der Waals surface area (Å²) in [6, 6.07) is 11.5. The summed E-state index contributed by atoms with van der Waals surface area (Å²) < 4.78 is 1.06. The normalized spacial score (nSPS) is 11.8. The molecule has 0 aliphatic rings. The van der Waals surface area contributed by atoms with E-state index in [4.69, 9.17) is 4.84 Å². The number of hydrogen-bond donors (Lipinski definition) is 1. The van der Waals surface area contributed by atoms with E-state index in [1.54, 1.807) is 19.3 Å². The number of nitrogens with zero attached hydrogens (tertiary/aromatic N) is 1. The molecule has 0 saturated heterocycles. The Balaban J connectivity index is 1.78. The van der Waals surface area contributed by atoms with Crippen LogP contribution in [0.25, 0.3) is 10.1 Å². The van der Waals surface area contributed by atoms with Crippen LogP contribution in [0, 0.1) is 0 Å². The minimum atomic E-state index is -0.430. The summed E-state index contributed by atoms with van der Waals surface area (Å²) in [4.78, 5) is 20.4. The second-order valence-electron chi connectivity index (χ2n) is 4.30. The molecule has 1 aromatic carbocycles. The molecule has 4 nitrogen and oxygen atoms in total. The first-order valence-electron chi connectivity index (χ1n) is 6.12. The lowest BCUT2D eigenvalue weighted by molar-refractivity contribution is 0.0522. The van der Waals surface area contributed by atoms with Crippen molar-refractivity contribution in [1.29, 1.82) is 0 Å². The number of nitrogens with one attached hydrogen (secondary N) is 1. The van der Waals surface area contributed by atoms with Crippen molar-refractivity contribution < 1.29 is 9.63 Å². The Morgan fingerprint density at radius 2 is 2.15 bits per heavy atom. The molecule has 0 saturated carbocycles. The van der Waals surface area contributed by atoms with E-state index >= 15 is 0 Å². The lowest BCUT2D eigenvalue weighted by atomic mass is 10.2. The number of aromatic nitrogens is 1. The molecule has 5 heteroatoms. The first kappa shape index (κ1) is 12.6. The third-order valence-electron chi connectivity index (χ3n) is 2.91. The maximum atomic E-state index is 12.0. The molecule has 100 valence electrons. The van der Waals surface area contributed by atoms with Gasteiger partial charge in [-0.05, 0) is 30.5 Å². The minimum Gasteiger partial charge on any atom is -0.367 e. The molecule has 0 aliphatic carbocycles. The zero-order chi connectivity index (χ0) is 13.9. The van der Waals surface area contributed by atoms with Crippen LogP contribution in [0.3, 0.4) is 0 Å². The van der Waals surface area contributed by atoms with Crippen LogP contribution < -0.4 is 0 Å². The first-order valence-corrected chi connectivity index (χ1v) is 6.93. The van der Waals surface area contributed by atoms with E-state index in [1.807, 2.05) is 36.4 Å². The van der Waals surface area contributed by atoms with Gasteiger partial charge in [0.15, 0.2) is 0 Å². The molecule has 0 atom stereocenters. The van der Waals surface area contributed by atoms with Crippen LogP contribution in [0.2, 0.25) is 0 Å². The fourth-order valence-corrected chi connectivity index (χ4v) is 2.77. The van der Waals surface area contributed by atoms with Crippen molar-refractivity contribution >= 4 is 33.1 Å². The molecule has 0 amide bonds. The van der Waals surface area contributed by atoms with Gasteiger partial charge in [-0.2, -0.15) is 0 Å². The molecule has 0 spiro atoms. The molecule has 2 aromatic heterocycles. The topological polar surface area (TPSA) is 54.4 Å². The Morgan fingerprint density at radius 3 is 2.90 bits per heavy atom. The number of hydrogen-bond acceptors (Lipinski definition) is 4. The van der Waals surface area contributed by atoms with Gasteiger partial charge >= 0.3 is 5.97 Å². The van der Waals surface area contributed by atoms with Gasteiger partial charge in [-0.15, -0.1) is 11.3 Å². The largest absolute Gasteiger partial charge is 0.375 e. The summed E-state index contributed by atoms with van der Waals surface area (Å²) >= 11 is 1.40. The molecule has 0 aliphatic heterocycles. The van der Waals surface area contributed by atoms with Crippen molar-refractivity contribution in [2.24, 2.45) is 5.16 Å². The van der Waals surface area contributed by atoms with Gasteiger partial charge in [-0.25, -0.2) is 4.79 Å². The van der Waals surface area contributed by atoms with E-state index in [0.717, 1.165) is 15.6 Å². The Hall–Kier alpha value is -2.40. The zero-order valence-corrected chi connectivity index (χ0v) is 11.6. The number of H-pyrrole nitrogens is 1. The second kappa shape index (κ2) is 5.30. The fourth-order valence-electron chi connectivity index (χ4n) is 1.84. The number of aromatic amines is 1. The third kappa shape index (κ3) is 2.48. The highest BCUT2D eigenvalue weighted by atomic mass is 32.1. The predicted molar refractivity (Wildman–Crippen MR) is 80.2 cm³/mol. The van der Waals surface area contributed by atoms with Crippen molar-refractivity contribution in [1.82, 2.24) is 4.98 Å². The van der Waals surface area contributed by atoms with E-state index in [9.17, 15) is 4.79 Å². The average Bonchev–Trinajstić information content (AvgIpc) is 3.12. The monoisotopic (exact) mass is 284 g/mol. The highest BCUT2D eigenvalue weighted by molar-refractivity contribution is 7.20. The van der Waals surface area contributed by atoms with Crippen molar-refractivity contribution in [3.8, 4) is 0 Å². The third-order valence-corrected chi connectivity index (χ3v) is 4.00. The van der Waals surface area contributed by atoms with Gasteiger partial charge in [0.1, 0.15) is 4.88 Å². The standard InChI is InChI=1S/C15H12N2O2S/c1-10(12-6-7-16-9-12)17-19-15(18)14-8-11-4-2-3-5-13(11)20-14/h2-9,16H,1H3/b17-10-. The van der Waals surface area contributed by atoms with Crippen LogP contribution in [-0.2, 0) is 4.84 Å². The lowest BCUT2D eigenvalue weighted by Gasteiger charge is -1.96. The Morgan fingerprint density at radius 1 is 1.30 bits per heavy atom. The van der Waals surface area contributed by atoms with Crippen LogP contribution in [0.15, 0.2) is 53.9 Å². The molecule has 0 bridgehead atoms. The summed E-state index contributed by atoms with van der Waals surface area (Å²) in [5.41, 5.74) is 1.55. The number of rotatable bonds is 3. The molecule has 20 heavy (non-hydrogen) atoms. The summed E-state index contributed by atoms with van der Waals surface area (Å²) in [6.45, 7) is 1.79. The first-order chi connectivity index (χ1) is 9.74. The summed E-state index contributed by atoms with van der Waals surface area (Å²) in [5.74, 6) is -0.430. The van der Waals surface area contributed by atoms with Crippen LogP contribution in [0.5, 0.6) is 0 Å². The molecule has 0 unspecified atom stereocenters. The zero-order valence-electron chi connectivity index (χ0n) is 10.8. The number of carbonyl (C=O) groups is 1. The van der Waals surface area contributed by atoms with E-state index in [1.165, 1.54) is 11.3 Å². The molecule has 3 aromatic rings. The van der Waals surface area contributed by atoms with Crippen molar-refractivity contribution in [2.45, 2.75) is 6.92 Å². The lowest BCUT2D eigenvalue weighted by Crippen LogP contribution is -2.01. The molecule has 3 rings (SSSR count). The van der Waals surface area contributed by atoms with Crippen molar-refractivity contribution in [3.63, 3.8) is 0 Å². The molecule has 2 heterocycles. The van der Waals surface area contributed by atoms with Gasteiger partial charge in [0.2, 0.25) is 0 Å². The number of carbonyl (C=O) groups excluding carboxylic acids is 1. The van der Waals surface area contributed by atoms with E-state index < -0.39 is 5.97 Å². The summed E-state index contributed by atoms with van der Waals surface area (Å²) in [6.07, 6.45) is 3.59. The molecule has 1 N–H and O–H groups in total. The molecule has 0 radical (unpaired) electrons. The number of fused-ring (bicyclic) bond motifs is 1. The summed E-state index contributed by atoms with van der Waals surface area (Å²) in [5, 5.41) is 4.90. The van der Waals surface area contributed by atoms with E-state index in [0.29, 0.717) is 10.6 Å². The van der Waals surface area contributed by atoms with E-state index in [-0.39, 0.29) is 0 Å². The van der Waals surface area contributed by atoms with Crippen molar-refractivity contribution in [2.75, 3.05) is 0 Å². The summed E-state index contributed by atoms with van der Waals surface area (Å²) in [7, 11) is 0. The van der Waals surface area contributed by atoms with Gasteiger partial charge in [0, 0.05) is 22.7 Å². The van der Waals surface area contributed by atoms with Crippen LogP contribution in [0.1, 0.15) is 22.2 Å². The van der Waals surface area contributed by atoms with E-state index in [2.05, 4.69) is 10.1 Å². The quantitative estimate of drug-likeness (QED) is 0.451. The Kier molecular flexibility index (Phi) is 3.35. The predicted octanol–water partition coefficient (Wildman–Crippen LogP) is 3.81. The van der Waals surface area contributed by atoms with Gasteiger partial charge in [-0.1, -0.05) is 23.4 Å². The average molecular weight is 284 g/mol. The number of benzene rings is 1. The van der Waals surface area contributed by atoms with Gasteiger partial charge in [-0.3, -0.25) is 0 Å². The molecule has 0 fully saturated rings. The van der Waals surface area contributed by atoms with Gasteiger partial charge in [0.05, 0.1) is 5.71 Å². The molecular formula is C15H12N2O2S. The maximum Gasteiger partial charge on any atom is 0.375 e. The van der Waals surface area contributed by atoms with Gasteiger partial charge < -0.3 is 9.82 Å². The second-order valence-corrected chi connectivity index (χ2v) is 5.39. The highest BCUT2D eigenvalue weighted by Gasteiger charge is 2.12. The van der Waals surface area contributed by atoms with Crippen LogP contribution >= 0.6 is 11.3 Å². The SMILES string of the molecule is C/C(=N/OC(=O)c1cc2ccccc2s1)c1cc[nH]c1. The highest BCUT2D eigenvalue weighted by Crippen LogP contribution is 2.25.